The molecule has 0 aromatic heterocycles. The Labute approximate surface area is 146 Å². The molecule has 0 aliphatic heterocycles. The Morgan fingerprint density at radius 2 is 1.52 bits per heavy atom. The molecule has 0 aliphatic carbocycles. The Kier molecular flexibility index (Phi) is 16.2. The summed E-state index contributed by atoms with van der Waals surface area (Å²) in [5.74, 6) is 0.473. The number of rotatable bonds is 6. The molecule has 1 aromatic rings. The van der Waals surface area contributed by atoms with Crippen LogP contribution in [0.2, 0.25) is 0 Å². The number of benzene rings is 1. The van der Waals surface area contributed by atoms with Gasteiger partial charge in [0.2, 0.25) is 0 Å². The molecule has 0 heteroatoms. The molecule has 0 fully saturated rings. The van der Waals surface area contributed by atoms with Gasteiger partial charge in [-0.25, -0.2) is 0 Å². The van der Waals surface area contributed by atoms with Crippen molar-refractivity contribution in [3.05, 3.63) is 59.2 Å². The molecule has 1 aromatic carbocycles. The van der Waals surface area contributed by atoms with Crippen molar-refractivity contribution in [2.45, 2.75) is 87.0 Å². The summed E-state index contributed by atoms with van der Waals surface area (Å²) in [6, 6.07) is 6.78. The van der Waals surface area contributed by atoms with E-state index in [1.54, 1.807) is 0 Å². The molecule has 0 saturated carbocycles. The second-order valence-corrected chi connectivity index (χ2v) is 6.07. The molecule has 0 bridgehead atoms. The van der Waals surface area contributed by atoms with Gasteiger partial charge >= 0.3 is 0 Å². The average molecular weight is 317 g/mol. The molecule has 132 valence electrons. The number of hydrogen-bond donors (Lipinski definition) is 0. The summed E-state index contributed by atoms with van der Waals surface area (Å²) in [6.07, 6.45) is 9.51. The number of unbranched alkanes of at least 4 members (excludes halogenated alkanes) is 2. The van der Waals surface area contributed by atoms with Gasteiger partial charge in [0.25, 0.3) is 0 Å². The van der Waals surface area contributed by atoms with E-state index in [9.17, 15) is 0 Å². The zero-order valence-electron chi connectivity index (χ0n) is 17.0. The SMILES string of the molecule is C=C(C)CC(C=CC)c1cc(C)cc(C)c1.CC.CCCCC. The van der Waals surface area contributed by atoms with Crippen LogP contribution in [0, 0.1) is 13.8 Å². The first kappa shape index (κ1) is 24.0. The molecule has 0 aliphatic rings. The van der Waals surface area contributed by atoms with Crippen molar-refractivity contribution in [2.75, 3.05) is 0 Å². The Bertz CT molecular complexity index is 415. The molecular formula is C23H40. The van der Waals surface area contributed by atoms with E-state index in [-0.39, 0.29) is 0 Å². The molecule has 0 radical (unpaired) electrons. The van der Waals surface area contributed by atoms with Crippen LogP contribution in [0.3, 0.4) is 0 Å². The summed E-state index contributed by atoms with van der Waals surface area (Å²) in [4.78, 5) is 0. The molecule has 0 amide bonds. The minimum absolute atomic E-state index is 0.473. The summed E-state index contributed by atoms with van der Waals surface area (Å²) < 4.78 is 0. The molecule has 1 rings (SSSR count). The topological polar surface area (TPSA) is 0 Å². The maximum Gasteiger partial charge on any atom is 0.00550 e. The first-order valence-corrected chi connectivity index (χ1v) is 9.29. The predicted octanol–water partition coefficient (Wildman–Crippen LogP) is 8.15. The van der Waals surface area contributed by atoms with Gasteiger partial charge in [0.1, 0.15) is 0 Å². The van der Waals surface area contributed by atoms with Crippen LogP contribution in [-0.2, 0) is 0 Å². The predicted molar refractivity (Wildman–Crippen MR) is 109 cm³/mol. The lowest BCUT2D eigenvalue weighted by Gasteiger charge is -2.15. The highest BCUT2D eigenvalue weighted by Crippen LogP contribution is 2.26. The summed E-state index contributed by atoms with van der Waals surface area (Å²) in [7, 11) is 0. The highest BCUT2D eigenvalue weighted by atomic mass is 14.1. The maximum atomic E-state index is 4.01. The zero-order chi connectivity index (χ0) is 18.3. The molecule has 0 saturated heterocycles. The summed E-state index contributed by atoms with van der Waals surface area (Å²) in [5.41, 5.74) is 5.32. The molecule has 0 nitrogen and oxygen atoms in total. The summed E-state index contributed by atoms with van der Waals surface area (Å²) in [6.45, 7) is 20.9. The first-order valence-electron chi connectivity index (χ1n) is 9.29. The van der Waals surface area contributed by atoms with Crippen LogP contribution in [0.5, 0.6) is 0 Å². The van der Waals surface area contributed by atoms with Crippen LogP contribution in [0.25, 0.3) is 0 Å². The van der Waals surface area contributed by atoms with Crippen LogP contribution >= 0.6 is 0 Å². The highest BCUT2D eigenvalue weighted by molar-refractivity contribution is 5.33. The van der Waals surface area contributed by atoms with Crippen LogP contribution in [0.1, 0.15) is 89.8 Å². The van der Waals surface area contributed by atoms with Crippen molar-refractivity contribution >= 4 is 0 Å². The largest absolute Gasteiger partial charge is 0.100 e. The molecule has 0 heterocycles. The lowest BCUT2D eigenvalue weighted by molar-refractivity contribution is 0.772. The lowest BCUT2D eigenvalue weighted by atomic mass is 9.90. The Morgan fingerprint density at radius 1 is 1.04 bits per heavy atom. The summed E-state index contributed by atoms with van der Waals surface area (Å²) in [5, 5.41) is 0. The van der Waals surface area contributed by atoms with Gasteiger partial charge in [0, 0.05) is 5.92 Å². The summed E-state index contributed by atoms with van der Waals surface area (Å²) >= 11 is 0. The van der Waals surface area contributed by atoms with E-state index < -0.39 is 0 Å². The van der Waals surface area contributed by atoms with Crippen molar-refractivity contribution in [1.82, 2.24) is 0 Å². The third kappa shape index (κ3) is 12.9. The van der Waals surface area contributed by atoms with E-state index in [1.807, 2.05) is 13.8 Å². The minimum Gasteiger partial charge on any atom is -0.100 e. The Morgan fingerprint density at radius 3 is 1.83 bits per heavy atom. The third-order valence-corrected chi connectivity index (χ3v) is 3.37. The van der Waals surface area contributed by atoms with Gasteiger partial charge in [-0.15, -0.1) is 6.58 Å². The van der Waals surface area contributed by atoms with Gasteiger partial charge in [-0.1, -0.05) is 94.0 Å². The van der Waals surface area contributed by atoms with Crippen LogP contribution < -0.4 is 0 Å². The van der Waals surface area contributed by atoms with Crippen molar-refractivity contribution in [3.8, 4) is 0 Å². The van der Waals surface area contributed by atoms with Crippen LogP contribution in [0.4, 0.5) is 0 Å². The number of aryl methyl sites for hydroxylation is 2. The van der Waals surface area contributed by atoms with Crippen molar-refractivity contribution in [1.29, 1.82) is 0 Å². The number of allylic oxidation sites excluding steroid dienone is 3. The van der Waals surface area contributed by atoms with Gasteiger partial charge in [0.15, 0.2) is 0 Å². The first-order chi connectivity index (χ1) is 10.9. The number of hydrogen-bond acceptors (Lipinski definition) is 0. The van der Waals surface area contributed by atoms with Gasteiger partial charge < -0.3 is 0 Å². The highest BCUT2D eigenvalue weighted by Gasteiger charge is 2.08. The second kappa shape index (κ2) is 15.6. The molecule has 23 heavy (non-hydrogen) atoms. The standard InChI is InChI=1S/C16H22.C5H12.C2H6/c1-6-7-15(8-12(2)3)16-10-13(4)9-14(5)11-16;1-3-5-4-2;1-2/h6-7,9-11,15H,2,8H2,1,3-5H3;3-5H2,1-2H3;1-2H3. The van der Waals surface area contributed by atoms with E-state index in [1.165, 1.54) is 41.5 Å². The molecule has 0 spiro atoms. The van der Waals surface area contributed by atoms with Crippen molar-refractivity contribution in [3.63, 3.8) is 0 Å². The van der Waals surface area contributed by atoms with Gasteiger partial charge in [-0.05, 0) is 39.7 Å². The van der Waals surface area contributed by atoms with E-state index in [0.717, 1.165) is 6.42 Å². The second-order valence-electron chi connectivity index (χ2n) is 6.07. The quantitative estimate of drug-likeness (QED) is 0.464. The van der Waals surface area contributed by atoms with Gasteiger partial charge in [-0.3, -0.25) is 0 Å². The molecule has 1 unspecified atom stereocenters. The minimum atomic E-state index is 0.473. The van der Waals surface area contributed by atoms with Gasteiger partial charge in [-0.2, -0.15) is 0 Å². The Hall–Kier alpha value is -1.30. The average Bonchev–Trinajstić information content (AvgIpc) is 2.49. The van der Waals surface area contributed by atoms with Crippen molar-refractivity contribution in [2.24, 2.45) is 0 Å². The molecule has 1 atom stereocenters. The fourth-order valence-corrected chi connectivity index (χ4v) is 2.48. The van der Waals surface area contributed by atoms with E-state index in [0.29, 0.717) is 5.92 Å². The van der Waals surface area contributed by atoms with Gasteiger partial charge in [0.05, 0.1) is 0 Å². The van der Waals surface area contributed by atoms with E-state index in [4.69, 9.17) is 0 Å². The van der Waals surface area contributed by atoms with E-state index in [2.05, 4.69) is 78.5 Å². The monoisotopic (exact) mass is 316 g/mol. The lowest BCUT2D eigenvalue weighted by Crippen LogP contribution is -1.97. The fourth-order valence-electron chi connectivity index (χ4n) is 2.48. The molecular weight excluding hydrogens is 276 g/mol. The normalized spacial score (nSPS) is 11.1. The van der Waals surface area contributed by atoms with E-state index >= 15 is 0 Å². The Balaban J connectivity index is 0. The molecule has 0 N–H and O–H groups in total. The fraction of sp³-hybridized carbons (Fsp3) is 0.565. The van der Waals surface area contributed by atoms with Crippen LogP contribution in [-0.4, -0.2) is 0 Å². The zero-order valence-corrected chi connectivity index (χ0v) is 17.0. The third-order valence-electron chi connectivity index (χ3n) is 3.37. The maximum absolute atomic E-state index is 4.01. The van der Waals surface area contributed by atoms with Crippen LogP contribution in [0.15, 0.2) is 42.5 Å². The van der Waals surface area contributed by atoms with Crippen molar-refractivity contribution < 1.29 is 0 Å². The smallest absolute Gasteiger partial charge is 0.00550 e.